The lowest BCUT2D eigenvalue weighted by molar-refractivity contribution is 0.556. The van der Waals surface area contributed by atoms with E-state index >= 15 is 0 Å². The van der Waals surface area contributed by atoms with E-state index in [1.807, 2.05) is 7.05 Å². The summed E-state index contributed by atoms with van der Waals surface area (Å²) in [4.78, 5) is 11.6. The minimum atomic E-state index is 0.337. The molecular formula is C15H28N4. The van der Waals surface area contributed by atoms with Gasteiger partial charge < -0.3 is 10.2 Å². The van der Waals surface area contributed by atoms with Crippen molar-refractivity contribution >= 4 is 11.6 Å². The first kappa shape index (κ1) is 15.7. The summed E-state index contributed by atoms with van der Waals surface area (Å²) in [5.74, 6) is 3.89. The molecule has 0 fully saturated rings. The standard InChI is InChI=1S/C15H28N4/c1-8-11(4)9-19(7)15-12(5)14(16-6)17-13(18-15)10(2)3/h10-11H,8-9H2,1-7H3,(H,16,17,18). The predicted octanol–water partition coefficient (Wildman–Crippen LogP) is 3.43. The Labute approximate surface area is 117 Å². The molecule has 0 aliphatic heterocycles. The Morgan fingerprint density at radius 2 is 1.84 bits per heavy atom. The zero-order chi connectivity index (χ0) is 14.6. The van der Waals surface area contributed by atoms with Crippen molar-refractivity contribution in [1.29, 1.82) is 0 Å². The van der Waals surface area contributed by atoms with Gasteiger partial charge in [0.1, 0.15) is 17.5 Å². The van der Waals surface area contributed by atoms with Gasteiger partial charge >= 0.3 is 0 Å². The van der Waals surface area contributed by atoms with E-state index in [1.54, 1.807) is 0 Å². The molecule has 0 amide bonds. The van der Waals surface area contributed by atoms with Crippen molar-refractivity contribution in [1.82, 2.24) is 9.97 Å². The first-order valence-electron chi connectivity index (χ1n) is 7.18. The van der Waals surface area contributed by atoms with E-state index in [2.05, 4.69) is 56.9 Å². The van der Waals surface area contributed by atoms with Crippen LogP contribution in [0.5, 0.6) is 0 Å². The Bertz CT molecular complexity index is 415. The van der Waals surface area contributed by atoms with Crippen LogP contribution in [0.2, 0.25) is 0 Å². The van der Waals surface area contributed by atoms with Gasteiger partial charge in [0.2, 0.25) is 0 Å². The molecule has 0 aromatic carbocycles. The van der Waals surface area contributed by atoms with Gasteiger partial charge in [-0.1, -0.05) is 34.1 Å². The summed E-state index contributed by atoms with van der Waals surface area (Å²) < 4.78 is 0. The van der Waals surface area contributed by atoms with E-state index in [1.165, 1.54) is 6.42 Å². The lowest BCUT2D eigenvalue weighted by Gasteiger charge is -2.25. The van der Waals surface area contributed by atoms with Gasteiger partial charge in [-0.05, 0) is 12.8 Å². The fourth-order valence-corrected chi connectivity index (χ4v) is 2.08. The van der Waals surface area contributed by atoms with Crippen LogP contribution in [0.15, 0.2) is 0 Å². The van der Waals surface area contributed by atoms with Gasteiger partial charge in [-0.3, -0.25) is 0 Å². The van der Waals surface area contributed by atoms with Crippen molar-refractivity contribution < 1.29 is 0 Å². The van der Waals surface area contributed by atoms with Crippen LogP contribution in [-0.2, 0) is 0 Å². The van der Waals surface area contributed by atoms with Crippen LogP contribution in [0.3, 0.4) is 0 Å². The third kappa shape index (κ3) is 3.82. The Kier molecular flexibility index (Phi) is 5.58. The summed E-state index contributed by atoms with van der Waals surface area (Å²) in [5, 5.41) is 3.18. The molecule has 1 aromatic rings. The van der Waals surface area contributed by atoms with Crippen LogP contribution >= 0.6 is 0 Å². The predicted molar refractivity (Wildman–Crippen MR) is 83.1 cm³/mol. The molecule has 0 radical (unpaired) electrons. The normalized spacial score (nSPS) is 12.6. The van der Waals surface area contributed by atoms with Crippen LogP contribution in [0.25, 0.3) is 0 Å². The van der Waals surface area contributed by atoms with Gasteiger partial charge in [-0.2, -0.15) is 0 Å². The fraction of sp³-hybridized carbons (Fsp3) is 0.733. The van der Waals surface area contributed by atoms with Gasteiger partial charge in [0, 0.05) is 32.1 Å². The third-order valence-corrected chi connectivity index (χ3v) is 3.53. The Morgan fingerprint density at radius 3 is 2.32 bits per heavy atom. The second-order valence-electron chi connectivity index (χ2n) is 5.68. The Balaban J connectivity index is 3.13. The minimum Gasteiger partial charge on any atom is -0.373 e. The molecular weight excluding hydrogens is 236 g/mol. The van der Waals surface area contributed by atoms with Crippen LogP contribution < -0.4 is 10.2 Å². The third-order valence-electron chi connectivity index (χ3n) is 3.53. The van der Waals surface area contributed by atoms with Crippen molar-refractivity contribution in [3.8, 4) is 0 Å². The summed E-state index contributed by atoms with van der Waals surface area (Å²) in [6.45, 7) is 11.9. The van der Waals surface area contributed by atoms with Gasteiger partial charge in [-0.15, -0.1) is 0 Å². The van der Waals surface area contributed by atoms with E-state index in [0.29, 0.717) is 11.8 Å². The molecule has 4 heteroatoms. The lowest BCUT2D eigenvalue weighted by Crippen LogP contribution is -2.26. The number of anilines is 2. The highest BCUT2D eigenvalue weighted by atomic mass is 15.2. The second-order valence-corrected chi connectivity index (χ2v) is 5.68. The quantitative estimate of drug-likeness (QED) is 0.854. The van der Waals surface area contributed by atoms with Crippen LogP contribution in [0, 0.1) is 12.8 Å². The van der Waals surface area contributed by atoms with E-state index in [0.717, 1.165) is 29.6 Å². The van der Waals surface area contributed by atoms with Crippen LogP contribution in [0.4, 0.5) is 11.6 Å². The molecule has 1 atom stereocenters. The minimum absolute atomic E-state index is 0.337. The Morgan fingerprint density at radius 1 is 1.21 bits per heavy atom. The van der Waals surface area contributed by atoms with Crippen molar-refractivity contribution in [3.63, 3.8) is 0 Å². The summed E-state index contributed by atoms with van der Waals surface area (Å²) in [6.07, 6.45) is 1.18. The number of hydrogen-bond acceptors (Lipinski definition) is 4. The van der Waals surface area contributed by atoms with Crippen molar-refractivity contribution in [2.24, 2.45) is 5.92 Å². The van der Waals surface area contributed by atoms with E-state index in [-0.39, 0.29) is 0 Å². The highest BCUT2D eigenvalue weighted by Gasteiger charge is 2.16. The topological polar surface area (TPSA) is 41.1 Å². The highest BCUT2D eigenvalue weighted by molar-refractivity contribution is 5.58. The van der Waals surface area contributed by atoms with Gasteiger partial charge in [0.05, 0.1) is 0 Å². The van der Waals surface area contributed by atoms with Crippen molar-refractivity contribution in [2.75, 3.05) is 30.9 Å². The van der Waals surface area contributed by atoms with Crippen LogP contribution in [0.1, 0.15) is 51.4 Å². The molecule has 19 heavy (non-hydrogen) atoms. The molecule has 0 aliphatic rings. The maximum atomic E-state index is 4.74. The summed E-state index contributed by atoms with van der Waals surface area (Å²) in [7, 11) is 4.03. The number of hydrogen-bond donors (Lipinski definition) is 1. The molecule has 0 saturated heterocycles. The fourth-order valence-electron chi connectivity index (χ4n) is 2.08. The smallest absolute Gasteiger partial charge is 0.137 e. The van der Waals surface area contributed by atoms with Gasteiger partial charge in [0.25, 0.3) is 0 Å². The van der Waals surface area contributed by atoms with Crippen LogP contribution in [-0.4, -0.2) is 30.6 Å². The molecule has 1 heterocycles. The summed E-state index contributed by atoms with van der Waals surface area (Å²) in [5.41, 5.74) is 1.12. The molecule has 1 rings (SSSR count). The molecule has 0 saturated carbocycles. The molecule has 108 valence electrons. The molecule has 1 unspecified atom stereocenters. The van der Waals surface area contributed by atoms with Gasteiger partial charge in [-0.25, -0.2) is 9.97 Å². The van der Waals surface area contributed by atoms with Crippen molar-refractivity contribution in [3.05, 3.63) is 11.4 Å². The number of nitrogens with one attached hydrogen (secondary N) is 1. The number of nitrogens with zero attached hydrogens (tertiary/aromatic N) is 3. The van der Waals surface area contributed by atoms with E-state index < -0.39 is 0 Å². The highest BCUT2D eigenvalue weighted by Crippen LogP contribution is 2.25. The first-order chi connectivity index (χ1) is 8.90. The zero-order valence-electron chi connectivity index (χ0n) is 13.4. The molecule has 0 bridgehead atoms. The molecule has 0 spiro atoms. The van der Waals surface area contributed by atoms with Crippen molar-refractivity contribution in [2.45, 2.75) is 47.0 Å². The molecule has 4 nitrogen and oxygen atoms in total. The van der Waals surface area contributed by atoms with E-state index in [9.17, 15) is 0 Å². The Hall–Kier alpha value is -1.32. The monoisotopic (exact) mass is 264 g/mol. The average Bonchev–Trinajstić information content (AvgIpc) is 2.38. The molecule has 1 aromatic heterocycles. The van der Waals surface area contributed by atoms with Gasteiger partial charge in [0.15, 0.2) is 0 Å². The lowest BCUT2D eigenvalue weighted by atomic mass is 10.1. The number of aromatic nitrogens is 2. The largest absolute Gasteiger partial charge is 0.373 e. The summed E-state index contributed by atoms with van der Waals surface area (Å²) >= 11 is 0. The molecule has 1 N–H and O–H groups in total. The average molecular weight is 264 g/mol. The second kappa shape index (κ2) is 6.73. The number of rotatable bonds is 6. The first-order valence-corrected chi connectivity index (χ1v) is 7.18. The maximum Gasteiger partial charge on any atom is 0.137 e. The SMILES string of the molecule is CCC(C)CN(C)c1nc(C(C)C)nc(NC)c1C. The summed E-state index contributed by atoms with van der Waals surface area (Å²) in [6, 6.07) is 0. The molecule has 0 aliphatic carbocycles. The zero-order valence-corrected chi connectivity index (χ0v) is 13.4. The van der Waals surface area contributed by atoms with E-state index in [4.69, 9.17) is 4.98 Å². The maximum absolute atomic E-state index is 4.74.